The average Bonchev–Trinajstić information content (AvgIpc) is 2.72. The topological polar surface area (TPSA) is 108 Å². The third-order valence-electron chi connectivity index (χ3n) is 4.52. The number of carbonyl (C=O) groups excluding carboxylic acids is 2. The Morgan fingerprint density at radius 2 is 1.50 bits per heavy atom. The molecule has 0 saturated carbocycles. The molecular formula is C22H29BN2O5. The monoisotopic (exact) mass is 412 g/mol. The van der Waals surface area contributed by atoms with Gasteiger partial charge in [0.1, 0.15) is 12.6 Å². The summed E-state index contributed by atoms with van der Waals surface area (Å²) in [6.07, 6.45) is -0.0944. The largest absolute Gasteiger partial charge is 0.475 e. The number of alkyl carbamates (subject to hydrolysis) is 1. The number of ether oxygens (including phenoxy) is 1. The van der Waals surface area contributed by atoms with E-state index in [9.17, 15) is 19.6 Å². The fourth-order valence-electron chi connectivity index (χ4n) is 3.01. The molecule has 2 aromatic rings. The minimum atomic E-state index is -1.70. The predicted molar refractivity (Wildman–Crippen MR) is 115 cm³/mol. The van der Waals surface area contributed by atoms with Gasteiger partial charge in [0.25, 0.3) is 0 Å². The van der Waals surface area contributed by atoms with E-state index < -0.39 is 31.1 Å². The minimum absolute atomic E-state index is 0.0810. The summed E-state index contributed by atoms with van der Waals surface area (Å²) in [5.74, 6) is -1.19. The molecule has 7 nitrogen and oxygen atoms in total. The third kappa shape index (κ3) is 8.27. The van der Waals surface area contributed by atoms with Gasteiger partial charge < -0.3 is 25.4 Å². The zero-order valence-electron chi connectivity index (χ0n) is 17.3. The summed E-state index contributed by atoms with van der Waals surface area (Å²) >= 11 is 0. The zero-order chi connectivity index (χ0) is 21.9. The normalized spacial score (nSPS) is 12.7. The van der Waals surface area contributed by atoms with Crippen LogP contribution in [-0.2, 0) is 22.6 Å². The highest BCUT2D eigenvalue weighted by Crippen LogP contribution is 2.09. The SMILES string of the molecule is CC(C)C[C@H](NC(=O)[C@H](Cc1ccccc1)NC(=O)OCc1ccccc1)B(O)O. The van der Waals surface area contributed by atoms with Crippen LogP contribution < -0.4 is 10.6 Å². The number of hydrogen-bond acceptors (Lipinski definition) is 5. The van der Waals surface area contributed by atoms with Gasteiger partial charge in [-0.2, -0.15) is 0 Å². The number of nitrogens with one attached hydrogen (secondary N) is 2. The van der Waals surface area contributed by atoms with E-state index in [-0.39, 0.29) is 18.9 Å². The molecule has 2 aromatic carbocycles. The Balaban J connectivity index is 2.05. The molecule has 2 atom stereocenters. The number of carbonyl (C=O) groups is 2. The van der Waals surface area contributed by atoms with Gasteiger partial charge >= 0.3 is 13.2 Å². The van der Waals surface area contributed by atoms with Crippen LogP contribution in [0.15, 0.2) is 60.7 Å². The van der Waals surface area contributed by atoms with Crippen molar-refractivity contribution in [1.29, 1.82) is 0 Å². The van der Waals surface area contributed by atoms with Crippen molar-refractivity contribution in [3.05, 3.63) is 71.8 Å². The summed E-state index contributed by atoms with van der Waals surface area (Å²) in [7, 11) is -1.70. The molecule has 160 valence electrons. The van der Waals surface area contributed by atoms with Crippen LogP contribution in [-0.4, -0.2) is 41.1 Å². The summed E-state index contributed by atoms with van der Waals surface area (Å²) in [6.45, 7) is 3.92. The molecule has 0 heterocycles. The van der Waals surface area contributed by atoms with Gasteiger partial charge in [0.2, 0.25) is 5.91 Å². The molecule has 0 aliphatic rings. The molecule has 30 heavy (non-hydrogen) atoms. The van der Waals surface area contributed by atoms with E-state index in [2.05, 4.69) is 10.6 Å². The van der Waals surface area contributed by atoms with E-state index in [0.29, 0.717) is 6.42 Å². The first kappa shape index (κ1) is 23.4. The molecule has 2 rings (SSSR count). The number of benzene rings is 2. The highest BCUT2D eigenvalue weighted by molar-refractivity contribution is 6.43. The maximum absolute atomic E-state index is 12.9. The second-order valence-electron chi connectivity index (χ2n) is 7.61. The Morgan fingerprint density at radius 3 is 2.03 bits per heavy atom. The molecule has 0 aliphatic heterocycles. The maximum atomic E-state index is 12.9. The molecule has 4 N–H and O–H groups in total. The van der Waals surface area contributed by atoms with Gasteiger partial charge in [-0.1, -0.05) is 74.5 Å². The molecule has 0 fully saturated rings. The van der Waals surface area contributed by atoms with Crippen LogP contribution in [0.1, 0.15) is 31.4 Å². The summed E-state index contributed by atoms with van der Waals surface area (Å²) in [5, 5.41) is 24.4. The first-order valence-corrected chi connectivity index (χ1v) is 10.0. The van der Waals surface area contributed by atoms with E-state index in [4.69, 9.17) is 4.74 Å². The predicted octanol–water partition coefficient (Wildman–Crippen LogP) is 2.07. The smallest absolute Gasteiger partial charge is 0.445 e. The lowest BCUT2D eigenvalue weighted by atomic mass is 9.75. The molecule has 0 radical (unpaired) electrons. The van der Waals surface area contributed by atoms with Crippen molar-refractivity contribution in [2.75, 3.05) is 0 Å². The van der Waals surface area contributed by atoms with E-state index in [1.54, 1.807) is 0 Å². The van der Waals surface area contributed by atoms with Gasteiger partial charge in [-0.3, -0.25) is 4.79 Å². The van der Waals surface area contributed by atoms with E-state index in [1.807, 2.05) is 74.5 Å². The van der Waals surface area contributed by atoms with E-state index in [1.165, 1.54) is 0 Å². The van der Waals surface area contributed by atoms with Crippen molar-refractivity contribution in [3.63, 3.8) is 0 Å². The van der Waals surface area contributed by atoms with Crippen LogP contribution in [0.5, 0.6) is 0 Å². The van der Waals surface area contributed by atoms with Gasteiger partial charge in [-0.25, -0.2) is 4.79 Å². The summed E-state index contributed by atoms with van der Waals surface area (Å²) in [5.41, 5.74) is 1.68. The van der Waals surface area contributed by atoms with Crippen LogP contribution in [0.25, 0.3) is 0 Å². The van der Waals surface area contributed by atoms with Crippen molar-refractivity contribution in [2.24, 2.45) is 5.92 Å². The molecule has 0 unspecified atom stereocenters. The van der Waals surface area contributed by atoms with Gasteiger partial charge in [0.05, 0.1) is 5.94 Å². The van der Waals surface area contributed by atoms with Gasteiger partial charge in [0, 0.05) is 6.42 Å². The van der Waals surface area contributed by atoms with Crippen LogP contribution >= 0.6 is 0 Å². The van der Waals surface area contributed by atoms with Crippen molar-refractivity contribution in [1.82, 2.24) is 10.6 Å². The van der Waals surface area contributed by atoms with Gasteiger partial charge in [-0.15, -0.1) is 0 Å². The first-order chi connectivity index (χ1) is 14.3. The van der Waals surface area contributed by atoms with Crippen LogP contribution in [0.4, 0.5) is 4.79 Å². The molecule has 0 aliphatic carbocycles. The molecular weight excluding hydrogens is 383 g/mol. The lowest BCUT2D eigenvalue weighted by molar-refractivity contribution is -0.123. The van der Waals surface area contributed by atoms with Gasteiger partial charge in [0.15, 0.2) is 0 Å². The Hall–Kier alpha value is -2.84. The first-order valence-electron chi connectivity index (χ1n) is 10.0. The van der Waals surface area contributed by atoms with Crippen LogP contribution in [0.2, 0.25) is 0 Å². The van der Waals surface area contributed by atoms with E-state index in [0.717, 1.165) is 11.1 Å². The maximum Gasteiger partial charge on any atom is 0.475 e. The molecule has 0 aromatic heterocycles. The van der Waals surface area contributed by atoms with Crippen LogP contribution in [0.3, 0.4) is 0 Å². The molecule has 2 amide bonds. The minimum Gasteiger partial charge on any atom is -0.445 e. The molecule has 0 bridgehead atoms. The Labute approximate surface area is 177 Å². The quantitative estimate of drug-likeness (QED) is 0.447. The summed E-state index contributed by atoms with van der Waals surface area (Å²) in [6, 6.07) is 17.6. The fraction of sp³-hybridized carbons (Fsp3) is 0.364. The molecule has 0 spiro atoms. The second kappa shape index (κ2) is 12.0. The number of rotatable bonds is 10. The summed E-state index contributed by atoms with van der Waals surface area (Å²) in [4.78, 5) is 25.2. The lowest BCUT2D eigenvalue weighted by Crippen LogP contribution is -2.55. The second-order valence-corrected chi connectivity index (χ2v) is 7.61. The van der Waals surface area contributed by atoms with Crippen LogP contribution in [0, 0.1) is 5.92 Å². The van der Waals surface area contributed by atoms with Gasteiger partial charge in [-0.05, 0) is 23.5 Å². The van der Waals surface area contributed by atoms with Crippen molar-refractivity contribution < 1.29 is 24.4 Å². The number of amides is 2. The van der Waals surface area contributed by atoms with Crippen molar-refractivity contribution >= 4 is 19.1 Å². The highest BCUT2D eigenvalue weighted by Gasteiger charge is 2.30. The Kier molecular flexibility index (Phi) is 9.37. The lowest BCUT2D eigenvalue weighted by Gasteiger charge is -2.24. The molecule has 8 heteroatoms. The third-order valence-corrected chi connectivity index (χ3v) is 4.52. The standard InChI is InChI=1S/C22H29BN2O5/c1-16(2)13-20(23(28)29)25-21(26)19(14-17-9-5-3-6-10-17)24-22(27)30-15-18-11-7-4-8-12-18/h3-12,16,19-20,28-29H,13-15H2,1-2H3,(H,24,27)(H,25,26)/t19-,20-/m0/s1. The fourth-order valence-corrected chi connectivity index (χ4v) is 3.01. The zero-order valence-corrected chi connectivity index (χ0v) is 17.3. The Morgan fingerprint density at radius 1 is 0.933 bits per heavy atom. The summed E-state index contributed by atoms with van der Waals surface area (Å²) < 4.78 is 5.23. The molecule has 0 saturated heterocycles. The van der Waals surface area contributed by atoms with Crippen molar-refractivity contribution in [2.45, 2.75) is 45.3 Å². The highest BCUT2D eigenvalue weighted by atomic mass is 16.5. The number of hydrogen-bond donors (Lipinski definition) is 4. The average molecular weight is 412 g/mol. The van der Waals surface area contributed by atoms with E-state index >= 15 is 0 Å². The van der Waals surface area contributed by atoms with Crippen molar-refractivity contribution in [3.8, 4) is 0 Å². The Bertz CT molecular complexity index is 787.